The van der Waals surface area contributed by atoms with Crippen molar-refractivity contribution in [1.29, 1.82) is 5.41 Å². The van der Waals surface area contributed by atoms with Gasteiger partial charge in [0.2, 0.25) is 0 Å². The topological polar surface area (TPSA) is 146 Å². The van der Waals surface area contributed by atoms with Crippen molar-refractivity contribution in [1.82, 2.24) is 4.90 Å². The second kappa shape index (κ2) is 30.4. The number of esters is 1. The molecule has 0 aliphatic heterocycles. The molecule has 0 aromatic rings. The van der Waals surface area contributed by atoms with Crippen LogP contribution in [0.4, 0.5) is 0 Å². The van der Waals surface area contributed by atoms with Gasteiger partial charge in [0.15, 0.2) is 5.96 Å². The maximum Gasteiger partial charge on any atom is 0.325 e. The Labute approximate surface area is 241 Å². The minimum absolute atomic E-state index is 0.00488. The number of aliphatic hydroxyl groups excluding tert-OH is 2. The first-order valence-electron chi connectivity index (χ1n) is 14.2. The number of hydrogen-bond donors (Lipinski definition) is 4. The molecular formula is C31H53N3O6. The van der Waals surface area contributed by atoms with Crippen LogP contribution >= 0.6 is 0 Å². The highest BCUT2D eigenvalue weighted by Crippen LogP contribution is 2.04. The number of carbonyl (C=O) groups is 2. The molecule has 0 radical (unpaired) electrons. The first kappa shape index (κ1) is 39.0. The van der Waals surface area contributed by atoms with Crippen molar-refractivity contribution < 1.29 is 29.3 Å². The molecule has 0 saturated heterocycles. The highest BCUT2D eigenvalue weighted by molar-refractivity contribution is 5.80. The molecule has 228 valence electrons. The monoisotopic (exact) mass is 563 g/mol. The summed E-state index contributed by atoms with van der Waals surface area (Å²) in [7, 11) is 1.47. The van der Waals surface area contributed by atoms with Crippen molar-refractivity contribution in [2.75, 3.05) is 26.8 Å². The molecule has 9 nitrogen and oxygen atoms in total. The van der Waals surface area contributed by atoms with E-state index in [2.05, 4.69) is 79.3 Å². The molecule has 0 aromatic carbocycles. The average molecular weight is 564 g/mol. The van der Waals surface area contributed by atoms with Gasteiger partial charge in [-0.05, 0) is 38.5 Å². The first-order chi connectivity index (χ1) is 19.3. The predicted octanol–water partition coefficient (Wildman–Crippen LogP) is 4.96. The van der Waals surface area contributed by atoms with Gasteiger partial charge in [0.25, 0.3) is 6.47 Å². The Balaban J connectivity index is 0. The minimum atomic E-state index is -1.08. The highest BCUT2D eigenvalue weighted by Gasteiger charge is 2.17. The van der Waals surface area contributed by atoms with Crippen LogP contribution in [0.3, 0.4) is 0 Å². The molecule has 2 unspecified atom stereocenters. The van der Waals surface area contributed by atoms with Crippen molar-refractivity contribution in [3.8, 4) is 0 Å². The highest BCUT2D eigenvalue weighted by atomic mass is 16.5. The van der Waals surface area contributed by atoms with Crippen LogP contribution in [0, 0.1) is 5.41 Å². The summed E-state index contributed by atoms with van der Waals surface area (Å²) in [5.74, 6) is -0.846. The standard InChI is InChI=1S/C20H32.C11H21N3O6/c1-3-5-7-9-11-13-15-17-19-20-18-16-14-12-10-8-6-4-2;1-14(11(12)13)6-10(18)20-5-3-9(17)8(16)2-4-19-7-15/h5,7,10-13,16-19H,3-4,6,8-9,14-15,20H2,1-2H3;7-9,16-17H,2-6H2,1H3,(H3,12,13)/b7-5-,12-10-,13-11-,18-16-,19-17-;. The van der Waals surface area contributed by atoms with E-state index in [1.807, 2.05) is 0 Å². The van der Waals surface area contributed by atoms with E-state index < -0.39 is 18.2 Å². The van der Waals surface area contributed by atoms with Gasteiger partial charge in [-0.3, -0.25) is 15.0 Å². The van der Waals surface area contributed by atoms with Gasteiger partial charge in [0.05, 0.1) is 25.4 Å². The van der Waals surface area contributed by atoms with Gasteiger partial charge >= 0.3 is 5.97 Å². The second-order valence-corrected chi connectivity index (χ2v) is 8.99. The third-order valence-electron chi connectivity index (χ3n) is 5.38. The summed E-state index contributed by atoms with van der Waals surface area (Å²) < 4.78 is 9.21. The molecule has 5 N–H and O–H groups in total. The molecule has 0 aliphatic carbocycles. The summed E-state index contributed by atoms with van der Waals surface area (Å²) in [5.41, 5.74) is 5.15. The van der Waals surface area contributed by atoms with Gasteiger partial charge in [-0.2, -0.15) is 0 Å². The Kier molecular flexibility index (Phi) is 29.6. The van der Waals surface area contributed by atoms with Gasteiger partial charge in [-0.25, -0.2) is 0 Å². The summed E-state index contributed by atoms with van der Waals surface area (Å²) in [4.78, 5) is 22.4. The van der Waals surface area contributed by atoms with E-state index in [0.717, 1.165) is 32.1 Å². The van der Waals surface area contributed by atoms with Crippen LogP contribution in [0.1, 0.15) is 78.1 Å². The van der Waals surface area contributed by atoms with Crippen LogP contribution in [0.15, 0.2) is 60.8 Å². The summed E-state index contributed by atoms with van der Waals surface area (Å²) in [5, 5.41) is 26.1. The van der Waals surface area contributed by atoms with E-state index in [0.29, 0.717) is 0 Å². The van der Waals surface area contributed by atoms with Gasteiger partial charge < -0.3 is 30.3 Å². The molecule has 0 rings (SSSR count). The van der Waals surface area contributed by atoms with E-state index in [1.165, 1.54) is 31.2 Å². The third kappa shape index (κ3) is 29.4. The van der Waals surface area contributed by atoms with Crippen molar-refractivity contribution in [3.05, 3.63) is 60.8 Å². The zero-order chi connectivity index (χ0) is 30.3. The van der Waals surface area contributed by atoms with Crippen molar-refractivity contribution in [3.63, 3.8) is 0 Å². The van der Waals surface area contributed by atoms with E-state index in [1.54, 1.807) is 0 Å². The van der Waals surface area contributed by atoms with E-state index >= 15 is 0 Å². The lowest BCUT2D eigenvalue weighted by molar-refractivity contribution is -0.145. The van der Waals surface area contributed by atoms with Crippen LogP contribution < -0.4 is 5.73 Å². The Morgan fingerprint density at radius 3 is 1.77 bits per heavy atom. The Morgan fingerprint density at radius 1 is 0.850 bits per heavy atom. The maximum absolute atomic E-state index is 11.3. The summed E-state index contributed by atoms with van der Waals surface area (Å²) in [6.07, 6.45) is 29.6. The summed E-state index contributed by atoms with van der Waals surface area (Å²) >= 11 is 0. The number of unbranched alkanes of at least 4 members (excludes halogenated alkanes) is 2. The molecule has 0 bridgehead atoms. The lowest BCUT2D eigenvalue weighted by Gasteiger charge is -2.18. The van der Waals surface area contributed by atoms with E-state index in [-0.39, 0.29) is 45.0 Å². The maximum atomic E-state index is 11.3. The fourth-order valence-corrected chi connectivity index (χ4v) is 2.93. The fraction of sp³-hybridized carbons (Fsp3) is 0.581. The largest absolute Gasteiger partial charge is 0.468 e. The zero-order valence-corrected chi connectivity index (χ0v) is 24.7. The molecule has 40 heavy (non-hydrogen) atoms. The molecule has 0 aromatic heterocycles. The lowest BCUT2D eigenvalue weighted by Crippen LogP contribution is -2.37. The van der Waals surface area contributed by atoms with Crippen LogP contribution in [0.2, 0.25) is 0 Å². The lowest BCUT2D eigenvalue weighted by atomic mass is 10.1. The number of nitrogens with zero attached hydrogens (tertiary/aromatic N) is 1. The van der Waals surface area contributed by atoms with Gasteiger partial charge in [-0.1, -0.05) is 87.4 Å². The Hall–Kier alpha value is -3.17. The minimum Gasteiger partial charge on any atom is -0.468 e. The average Bonchev–Trinajstić information content (AvgIpc) is 2.93. The smallest absolute Gasteiger partial charge is 0.325 e. The van der Waals surface area contributed by atoms with E-state index in [9.17, 15) is 19.8 Å². The van der Waals surface area contributed by atoms with Crippen LogP contribution in [0.25, 0.3) is 0 Å². The number of allylic oxidation sites excluding steroid dienone is 10. The van der Waals surface area contributed by atoms with Crippen molar-refractivity contribution in [2.24, 2.45) is 5.73 Å². The number of aliphatic hydroxyl groups is 2. The molecule has 2 atom stereocenters. The summed E-state index contributed by atoms with van der Waals surface area (Å²) in [6.45, 7) is 4.42. The van der Waals surface area contributed by atoms with Crippen LogP contribution in [-0.2, 0) is 19.1 Å². The zero-order valence-electron chi connectivity index (χ0n) is 24.7. The number of guanidine groups is 1. The van der Waals surface area contributed by atoms with E-state index in [4.69, 9.17) is 15.9 Å². The number of hydrogen-bond acceptors (Lipinski definition) is 7. The number of nitrogens with one attached hydrogen (secondary N) is 1. The third-order valence-corrected chi connectivity index (χ3v) is 5.38. The molecule has 0 spiro atoms. The van der Waals surface area contributed by atoms with Gasteiger partial charge in [-0.15, -0.1) is 0 Å². The first-order valence-corrected chi connectivity index (χ1v) is 14.2. The molecular weight excluding hydrogens is 510 g/mol. The number of carbonyl (C=O) groups excluding carboxylic acids is 2. The molecule has 9 heteroatoms. The van der Waals surface area contributed by atoms with Gasteiger partial charge in [0.1, 0.15) is 6.54 Å². The fourth-order valence-electron chi connectivity index (χ4n) is 2.93. The Morgan fingerprint density at radius 2 is 1.32 bits per heavy atom. The molecule has 0 saturated carbocycles. The predicted molar refractivity (Wildman–Crippen MR) is 163 cm³/mol. The van der Waals surface area contributed by atoms with Crippen molar-refractivity contribution in [2.45, 2.75) is 90.3 Å². The number of ether oxygens (including phenoxy) is 2. The molecule has 0 amide bonds. The van der Waals surface area contributed by atoms with Crippen LogP contribution in [-0.4, -0.2) is 72.5 Å². The summed E-state index contributed by atoms with van der Waals surface area (Å²) in [6, 6.07) is 0. The molecule has 0 fully saturated rings. The van der Waals surface area contributed by atoms with Crippen LogP contribution in [0.5, 0.6) is 0 Å². The van der Waals surface area contributed by atoms with Gasteiger partial charge in [0, 0.05) is 19.9 Å². The normalized spacial score (nSPS) is 13.1. The number of nitrogens with two attached hydrogens (primary N) is 1. The van der Waals surface area contributed by atoms with Crippen molar-refractivity contribution >= 4 is 18.4 Å². The Bertz CT molecular complexity index is 777. The molecule has 0 heterocycles. The SMILES string of the molecule is CC/C=C\C/C=C\C/C=C\C/C=C\C/C=C\CCCC.CN(CC(=O)OCCC(O)C(O)CCOC=O)C(=N)N. The number of likely N-dealkylation sites (N-methyl/N-ethyl adjacent to an activating group) is 1. The number of rotatable bonds is 22. The quantitative estimate of drug-likeness (QED) is 0.0361. The second-order valence-electron chi connectivity index (χ2n) is 8.99. The molecule has 0 aliphatic rings.